The molecule has 0 radical (unpaired) electrons. The number of nitrogens with two attached hydrogens (primary N) is 1. The fourth-order valence-electron chi connectivity index (χ4n) is 2.22. The SMILES string of the molecule is NNC(CCc1cccs1)c1cc2ccccc2o1. The maximum Gasteiger partial charge on any atom is 0.134 e. The van der Waals surface area contributed by atoms with Crippen molar-refractivity contribution in [2.24, 2.45) is 5.84 Å². The van der Waals surface area contributed by atoms with Gasteiger partial charge >= 0.3 is 0 Å². The molecule has 98 valence electrons. The summed E-state index contributed by atoms with van der Waals surface area (Å²) < 4.78 is 5.85. The van der Waals surface area contributed by atoms with Gasteiger partial charge in [-0.15, -0.1) is 11.3 Å². The molecule has 0 aliphatic carbocycles. The number of nitrogens with one attached hydrogen (secondary N) is 1. The first-order valence-corrected chi connectivity index (χ1v) is 7.22. The minimum absolute atomic E-state index is 0.0505. The summed E-state index contributed by atoms with van der Waals surface area (Å²) in [6.45, 7) is 0. The molecule has 0 saturated carbocycles. The Bertz CT molecular complexity index is 612. The highest BCUT2D eigenvalue weighted by Gasteiger charge is 2.15. The van der Waals surface area contributed by atoms with Crippen LogP contribution in [-0.4, -0.2) is 0 Å². The van der Waals surface area contributed by atoms with Gasteiger partial charge in [0.25, 0.3) is 0 Å². The molecule has 2 aromatic heterocycles. The maximum atomic E-state index is 5.85. The predicted octanol–water partition coefficient (Wildman–Crippen LogP) is 3.63. The van der Waals surface area contributed by atoms with E-state index >= 15 is 0 Å². The fraction of sp³-hybridized carbons (Fsp3) is 0.200. The topological polar surface area (TPSA) is 51.2 Å². The molecule has 0 saturated heterocycles. The van der Waals surface area contributed by atoms with Crippen LogP contribution in [0.5, 0.6) is 0 Å². The summed E-state index contributed by atoms with van der Waals surface area (Å²) in [6.07, 6.45) is 1.93. The Labute approximate surface area is 116 Å². The van der Waals surface area contributed by atoms with Crippen LogP contribution in [0.4, 0.5) is 0 Å². The third-order valence-electron chi connectivity index (χ3n) is 3.25. The molecule has 0 spiro atoms. The molecule has 0 fully saturated rings. The molecule has 19 heavy (non-hydrogen) atoms. The average Bonchev–Trinajstić information content (AvgIpc) is 3.08. The molecular weight excluding hydrogens is 256 g/mol. The highest BCUT2D eigenvalue weighted by Crippen LogP contribution is 2.26. The van der Waals surface area contributed by atoms with E-state index < -0.39 is 0 Å². The summed E-state index contributed by atoms with van der Waals surface area (Å²) in [6, 6.07) is 14.4. The van der Waals surface area contributed by atoms with E-state index in [-0.39, 0.29) is 6.04 Å². The lowest BCUT2D eigenvalue weighted by Crippen LogP contribution is -2.28. The second-order valence-electron chi connectivity index (χ2n) is 4.52. The zero-order chi connectivity index (χ0) is 13.1. The molecule has 0 bridgehead atoms. The Kier molecular flexibility index (Phi) is 3.64. The van der Waals surface area contributed by atoms with Gasteiger partial charge in [0.05, 0.1) is 6.04 Å². The van der Waals surface area contributed by atoms with Crippen molar-refractivity contribution in [3.63, 3.8) is 0 Å². The Balaban J connectivity index is 1.77. The van der Waals surface area contributed by atoms with Crippen LogP contribution in [-0.2, 0) is 6.42 Å². The van der Waals surface area contributed by atoms with E-state index in [1.807, 2.05) is 18.2 Å². The Morgan fingerprint density at radius 1 is 1.21 bits per heavy atom. The molecule has 3 rings (SSSR count). The van der Waals surface area contributed by atoms with Crippen molar-refractivity contribution in [2.75, 3.05) is 0 Å². The van der Waals surface area contributed by atoms with E-state index in [1.165, 1.54) is 4.88 Å². The van der Waals surface area contributed by atoms with Crippen LogP contribution >= 0.6 is 11.3 Å². The van der Waals surface area contributed by atoms with Crippen LogP contribution in [0.2, 0.25) is 0 Å². The summed E-state index contributed by atoms with van der Waals surface area (Å²) in [5.74, 6) is 6.56. The van der Waals surface area contributed by atoms with Crippen LogP contribution in [0.3, 0.4) is 0 Å². The molecule has 1 atom stereocenters. The highest BCUT2D eigenvalue weighted by molar-refractivity contribution is 7.09. The first-order valence-electron chi connectivity index (χ1n) is 6.34. The van der Waals surface area contributed by atoms with E-state index in [0.29, 0.717) is 0 Å². The zero-order valence-electron chi connectivity index (χ0n) is 10.5. The van der Waals surface area contributed by atoms with E-state index in [9.17, 15) is 0 Å². The van der Waals surface area contributed by atoms with Gasteiger partial charge in [0, 0.05) is 10.3 Å². The van der Waals surface area contributed by atoms with E-state index in [1.54, 1.807) is 11.3 Å². The van der Waals surface area contributed by atoms with E-state index in [4.69, 9.17) is 10.3 Å². The number of hydrazine groups is 1. The van der Waals surface area contributed by atoms with Crippen molar-refractivity contribution in [3.8, 4) is 0 Å². The molecule has 1 aromatic carbocycles. The number of furan rings is 1. The molecule has 4 heteroatoms. The van der Waals surface area contributed by atoms with Crippen molar-refractivity contribution in [1.82, 2.24) is 5.43 Å². The van der Waals surface area contributed by atoms with Crippen molar-refractivity contribution in [1.29, 1.82) is 0 Å². The third-order valence-corrected chi connectivity index (χ3v) is 4.18. The quantitative estimate of drug-likeness (QED) is 0.551. The van der Waals surface area contributed by atoms with Crippen LogP contribution in [0.25, 0.3) is 11.0 Å². The molecule has 3 aromatic rings. The third kappa shape index (κ3) is 2.71. The molecule has 0 amide bonds. The average molecular weight is 272 g/mol. The van der Waals surface area contributed by atoms with Crippen molar-refractivity contribution >= 4 is 22.3 Å². The van der Waals surface area contributed by atoms with Gasteiger partial charge in [-0.1, -0.05) is 24.3 Å². The monoisotopic (exact) mass is 272 g/mol. The Morgan fingerprint density at radius 2 is 2.11 bits per heavy atom. The molecule has 0 aliphatic rings. The van der Waals surface area contributed by atoms with Gasteiger partial charge in [0.2, 0.25) is 0 Å². The van der Waals surface area contributed by atoms with Gasteiger partial charge in [-0.05, 0) is 36.4 Å². The van der Waals surface area contributed by atoms with Crippen LogP contribution in [0.15, 0.2) is 52.3 Å². The van der Waals surface area contributed by atoms with Crippen molar-refractivity contribution in [3.05, 3.63) is 58.5 Å². The second kappa shape index (κ2) is 5.57. The number of aryl methyl sites for hydroxylation is 1. The van der Waals surface area contributed by atoms with Gasteiger partial charge in [0.1, 0.15) is 11.3 Å². The largest absolute Gasteiger partial charge is 0.459 e. The van der Waals surface area contributed by atoms with Gasteiger partial charge in [-0.3, -0.25) is 5.84 Å². The summed E-state index contributed by atoms with van der Waals surface area (Å²) in [7, 11) is 0. The van der Waals surface area contributed by atoms with Gasteiger partial charge < -0.3 is 4.42 Å². The Morgan fingerprint density at radius 3 is 2.84 bits per heavy atom. The molecule has 1 unspecified atom stereocenters. The van der Waals surface area contributed by atoms with Gasteiger partial charge in [-0.2, -0.15) is 0 Å². The van der Waals surface area contributed by atoms with Crippen molar-refractivity contribution < 1.29 is 4.42 Å². The maximum absolute atomic E-state index is 5.85. The molecule has 3 nitrogen and oxygen atoms in total. The van der Waals surface area contributed by atoms with Crippen molar-refractivity contribution in [2.45, 2.75) is 18.9 Å². The van der Waals surface area contributed by atoms with Gasteiger partial charge in [0.15, 0.2) is 0 Å². The molecule has 2 heterocycles. The number of rotatable bonds is 5. The molecule has 0 aliphatic heterocycles. The lowest BCUT2D eigenvalue weighted by Gasteiger charge is -2.12. The number of hydrogen-bond donors (Lipinski definition) is 2. The van der Waals surface area contributed by atoms with Crippen LogP contribution in [0.1, 0.15) is 23.1 Å². The fourth-order valence-corrected chi connectivity index (χ4v) is 2.95. The second-order valence-corrected chi connectivity index (χ2v) is 5.56. The Hall–Kier alpha value is -1.62. The van der Waals surface area contributed by atoms with Crippen LogP contribution in [0, 0.1) is 0 Å². The number of benzene rings is 1. The van der Waals surface area contributed by atoms with Crippen LogP contribution < -0.4 is 11.3 Å². The first-order chi connectivity index (χ1) is 9.36. The number of para-hydroxylation sites is 1. The minimum Gasteiger partial charge on any atom is -0.459 e. The zero-order valence-corrected chi connectivity index (χ0v) is 11.3. The lowest BCUT2D eigenvalue weighted by atomic mass is 10.1. The lowest BCUT2D eigenvalue weighted by molar-refractivity contribution is 0.418. The first kappa shape index (κ1) is 12.4. The molecule has 3 N–H and O–H groups in total. The molecular formula is C15H16N2OS. The summed E-state index contributed by atoms with van der Waals surface area (Å²) in [5, 5.41) is 3.22. The highest BCUT2D eigenvalue weighted by atomic mass is 32.1. The standard InChI is InChI=1S/C15H16N2OS/c16-17-13(8-7-12-5-3-9-19-12)15-10-11-4-1-2-6-14(11)18-15/h1-6,9-10,13,17H,7-8,16H2. The van der Waals surface area contributed by atoms with Gasteiger partial charge in [-0.25, -0.2) is 5.43 Å². The predicted molar refractivity (Wildman–Crippen MR) is 78.9 cm³/mol. The number of thiophene rings is 1. The smallest absolute Gasteiger partial charge is 0.134 e. The number of fused-ring (bicyclic) bond motifs is 1. The van der Waals surface area contributed by atoms with E-state index in [2.05, 4.69) is 35.1 Å². The van der Waals surface area contributed by atoms with E-state index in [0.717, 1.165) is 29.6 Å². The minimum atomic E-state index is 0.0505. The summed E-state index contributed by atoms with van der Waals surface area (Å²) in [4.78, 5) is 1.37. The number of hydrogen-bond acceptors (Lipinski definition) is 4. The summed E-state index contributed by atoms with van der Waals surface area (Å²) >= 11 is 1.78. The summed E-state index contributed by atoms with van der Waals surface area (Å²) in [5.41, 5.74) is 3.76. The normalized spacial score (nSPS) is 12.9.